The normalized spacial score (nSPS) is 11.7. The molecule has 0 radical (unpaired) electrons. The number of rotatable bonds is 5. The van der Waals surface area contributed by atoms with E-state index in [-0.39, 0.29) is 10.9 Å². The molecule has 1 atom stereocenters. The molecule has 0 aliphatic heterocycles. The first kappa shape index (κ1) is 18.0. The number of carbonyl (C=O) groups is 1. The van der Waals surface area contributed by atoms with Crippen LogP contribution in [0.4, 0.5) is 10.1 Å². The summed E-state index contributed by atoms with van der Waals surface area (Å²) < 4.78 is 19.0. The highest BCUT2D eigenvalue weighted by Gasteiger charge is 2.18. The fourth-order valence-corrected chi connectivity index (χ4v) is 2.71. The van der Waals surface area contributed by atoms with Crippen molar-refractivity contribution in [3.05, 3.63) is 83.6 Å². The molecule has 1 amide bonds. The second-order valence-corrected chi connectivity index (χ2v) is 6.14. The van der Waals surface area contributed by atoms with Crippen LogP contribution in [0.15, 0.2) is 72.8 Å². The molecule has 26 heavy (non-hydrogen) atoms. The fourth-order valence-electron chi connectivity index (χ4n) is 2.49. The van der Waals surface area contributed by atoms with Crippen molar-refractivity contribution in [3.8, 4) is 16.9 Å². The van der Waals surface area contributed by atoms with Crippen LogP contribution in [0.3, 0.4) is 0 Å². The van der Waals surface area contributed by atoms with Crippen molar-refractivity contribution in [1.82, 2.24) is 0 Å². The maximum Gasteiger partial charge on any atom is 0.265 e. The van der Waals surface area contributed by atoms with E-state index in [1.54, 1.807) is 6.92 Å². The van der Waals surface area contributed by atoms with Gasteiger partial charge in [-0.15, -0.1) is 0 Å². The minimum atomic E-state index is -0.763. The van der Waals surface area contributed by atoms with Crippen molar-refractivity contribution in [1.29, 1.82) is 0 Å². The zero-order chi connectivity index (χ0) is 18.5. The molecule has 132 valence electrons. The maximum absolute atomic E-state index is 13.1. The SMILES string of the molecule is C[C@H](Oc1ccccc1-c1ccccc1)C(=O)Nc1ccc(F)cc1Cl. The number of hydrogen-bond acceptors (Lipinski definition) is 2. The molecule has 0 fully saturated rings. The third kappa shape index (κ3) is 4.21. The number of nitrogens with one attached hydrogen (secondary N) is 1. The van der Waals surface area contributed by atoms with Gasteiger partial charge in [0.15, 0.2) is 6.10 Å². The van der Waals surface area contributed by atoms with Crippen LogP contribution in [0, 0.1) is 5.82 Å². The summed E-state index contributed by atoms with van der Waals surface area (Å²) in [6.45, 7) is 1.65. The number of para-hydroxylation sites is 1. The van der Waals surface area contributed by atoms with Gasteiger partial charge in [-0.25, -0.2) is 4.39 Å². The lowest BCUT2D eigenvalue weighted by Crippen LogP contribution is -2.30. The van der Waals surface area contributed by atoms with Crippen LogP contribution in [-0.2, 0) is 4.79 Å². The number of ether oxygens (including phenoxy) is 1. The summed E-state index contributed by atoms with van der Waals surface area (Å²) >= 11 is 5.95. The molecule has 3 aromatic carbocycles. The Bertz CT molecular complexity index is 915. The minimum Gasteiger partial charge on any atom is -0.480 e. The Morgan fingerprint density at radius 2 is 1.73 bits per heavy atom. The molecule has 0 saturated carbocycles. The molecule has 5 heteroatoms. The van der Waals surface area contributed by atoms with E-state index in [1.165, 1.54) is 12.1 Å². The van der Waals surface area contributed by atoms with Crippen molar-refractivity contribution in [3.63, 3.8) is 0 Å². The fraction of sp³-hybridized carbons (Fsp3) is 0.0952. The summed E-state index contributed by atoms with van der Waals surface area (Å²) in [7, 11) is 0. The number of benzene rings is 3. The lowest BCUT2D eigenvalue weighted by Gasteiger charge is -2.18. The van der Waals surface area contributed by atoms with Crippen molar-refractivity contribution in [2.45, 2.75) is 13.0 Å². The van der Waals surface area contributed by atoms with Crippen LogP contribution < -0.4 is 10.1 Å². The Labute approximate surface area is 156 Å². The van der Waals surface area contributed by atoms with Crippen LogP contribution in [0.1, 0.15) is 6.92 Å². The second kappa shape index (κ2) is 8.02. The van der Waals surface area contributed by atoms with E-state index < -0.39 is 11.9 Å². The quantitative estimate of drug-likeness (QED) is 0.640. The van der Waals surface area contributed by atoms with E-state index in [1.807, 2.05) is 54.6 Å². The first-order valence-electron chi connectivity index (χ1n) is 8.11. The molecular weight excluding hydrogens is 353 g/mol. The number of carbonyl (C=O) groups excluding carboxylic acids is 1. The summed E-state index contributed by atoms with van der Waals surface area (Å²) in [6.07, 6.45) is -0.763. The van der Waals surface area contributed by atoms with Gasteiger partial charge in [0.05, 0.1) is 10.7 Å². The predicted molar refractivity (Wildman–Crippen MR) is 102 cm³/mol. The summed E-state index contributed by atoms with van der Waals surface area (Å²) in [5, 5.41) is 2.79. The molecular formula is C21H17ClFNO2. The maximum atomic E-state index is 13.1. The topological polar surface area (TPSA) is 38.3 Å². The Morgan fingerprint density at radius 1 is 1.04 bits per heavy atom. The third-order valence-corrected chi connectivity index (χ3v) is 4.15. The molecule has 0 unspecified atom stereocenters. The van der Waals surface area contributed by atoms with Gasteiger partial charge in [-0.3, -0.25) is 4.79 Å². The van der Waals surface area contributed by atoms with E-state index >= 15 is 0 Å². The highest BCUT2D eigenvalue weighted by molar-refractivity contribution is 6.33. The zero-order valence-corrected chi connectivity index (χ0v) is 14.8. The Morgan fingerprint density at radius 3 is 2.46 bits per heavy atom. The zero-order valence-electron chi connectivity index (χ0n) is 14.1. The molecule has 0 spiro atoms. The van der Waals surface area contributed by atoms with Crippen molar-refractivity contribution < 1.29 is 13.9 Å². The van der Waals surface area contributed by atoms with Gasteiger partial charge in [-0.1, -0.05) is 60.1 Å². The van der Waals surface area contributed by atoms with Gasteiger partial charge in [0.2, 0.25) is 0 Å². The average molecular weight is 370 g/mol. The van der Waals surface area contributed by atoms with Gasteiger partial charge in [0.25, 0.3) is 5.91 Å². The van der Waals surface area contributed by atoms with Crippen LogP contribution in [0.25, 0.3) is 11.1 Å². The van der Waals surface area contributed by atoms with Crippen LogP contribution >= 0.6 is 11.6 Å². The summed E-state index contributed by atoms with van der Waals surface area (Å²) in [5.74, 6) is -0.234. The first-order chi connectivity index (χ1) is 12.5. The van der Waals surface area contributed by atoms with E-state index in [0.29, 0.717) is 11.4 Å². The van der Waals surface area contributed by atoms with Gasteiger partial charge in [0.1, 0.15) is 11.6 Å². The first-order valence-corrected chi connectivity index (χ1v) is 8.49. The van der Waals surface area contributed by atoms with Crippen LogP contribution in [0.2, 0.25) is 5.02 Å². The van der Waals surface area contributed by atoms with Gasteiger partial charge in [-0.2, -0.15) is 0 Å². The largest absolute Gasteiger partial charge is 0.480 e. The summed E-state index contributed by atoms with van der Waals surface area (Å²) in [6, 6.07) is 21.1. The smallest absolute Gasteiger partial charge is 0.265 e. The van der Waals surface area contributed by atoms with E-state index in [4.69, 9.17) is 16.3 Å². The number of anilines is 1. The molecule has 3 rings (SSSR count). The van der Waals surface area contributed by atoms with E-state index in [0.717, 1.165) is 17.2 Å². The summed E-state index contributed by atoms with van der Waals surface area (Å²) in [4.78, 5) is 12.4. The minimum absolute atomic E-state index is 0.134. The molecule has 3 aromatic rings. The van der Waals surface area contributed by atoms with Gasteiger partial charge >= 0.3 is 0 Å². The Hall–Kier alpha value is -2.85. The number of halogens is 2. The van der Waals surface area contributed by atoms with Crippen molar-refractivity contribution in [2.75, 3.05) is 5.32 Å². The van der Waals surface area contributed by atoms with Crippen molar-refractivity contribution >= 4 is 23.2 Å². The van der Waals surface area contributed by atoms with E-state index in [9.17, 15) is 9.18 Å². The molecule has 3 nitrogen and oxygen atoms in total. The molecule has 0 bridgehead atoms. The highest BCUT2D eigenvalue weighted by Crippen LogP contribution is 2.30. The van der Waals surface area contributed by atoms with Crippen LogP contribution in [-0.4, -0.2) is 12.0 Å². The molecule has 0 aliphatic carbocycles. The molecule has 1 N–H and O–H groups in total. The van der Waals surface area contributed by atoms with Gasteiger partial charge in [0, 0.05) is 5.56 Å². The molecule has 0 saturated heterocycles. The predicted octanol–water partition coefficient (Wildman–Crippen LogP) is 5.55. The summed E-state index contributed by atoms with van der Waals surface area (Å²) in [5.41, 5.74) is 2.23. The van der Waals surface area contributed by atoms with Crippen LogP contribution in [0.5, 0.6) is 5.75 Å². The lowest BCUT2D eigenvalue weighted by atomic mass is 10.0. The third-order valence-electron chi connectivity index (χ3n) is 3.83. The van der Waals surface area contributed by atoms with E-state index in [2.05, 4.69) is 5.32 Å². The number of hydrogen-bond donors (Lipinski definition) is 1. The Kier molecular flexibility index (Phi) is 5.54. The van der Waals surface area contributed by atoms with Gasteiger partial charge < -0.3 is 10.1 Å². The molecule has 0 aromatic heterocycles. The Balaban J connectivity index is 1.76. The lowest BCUT2D eigenvalue weighted by molar-refractivity contribution is -0.122. The molecule has 0 heterocycles. The van der Waals surface area contributed by atoms with Gasteiger partial charge in [-0.05, 0) is 36.8 Å². The number of amides is 1. The highest BCUT2D eigenvalue weighted by atomic mass is 35.5. The second-order valence-electron chi connectivity index (χ2n) is 5.74. The standard InChI is InChI=1S/C21H17ClFNO2/c1-14(21(25)24-19-12-11-16(23)13-18(19)22)26-20-10-6-5-9-17(20)15-7-3-2-4-8-15/h2-14H,1H3,(H,24,25)/t14-/m0/s1. The molecule has 0 aliphatic rings. The monoisotopic (exact) mass is 369 g/mol. The van der Waals surface area contributed by atoms with Crippen molar-refractivity contribution in [2.24, 2.45) is 0 Å². The average Bonchev–Trinajstić information content (AvgIpc) is 2.65.